The summed E-state index contributed by atoms with van der Waals surface area (Å²) in [6.45, 7) is 10.8. The number of hydrogen-bond donors (Lipinski definition) is 1. The fourth-order valence-corrected chi connectivity index (χ4v) is 2.68. The molecule has 0 heterocycles. The van der Waals surface area contributed by atoms with E-state index in [0.29, 0.717) is 0 Å². The van der Waals surface area contributed by atoms with Crippen LogP contribution in [0.5, 0.6) is 0 Å². The zero-order valence-corrected chi connectivity index (χ0v) is 13.2. The molecule has 2 aromatic carbocycles. The Labute approximate surface area is 122 Å². The summed E-state index contributed by atoms with van der Waals surface area (Å²) in [5.41, 5.74) is 15.7. The van der Waals surface area contributed by atoms with E-state index in [0.717, 1.165) is 6.42 Å². The van der Waals surface area contributed by atoms with Gasteiger partial charge in [-0.05, 0) is 80.0 Å². The molecule has 0 spiro atoms. The predicted octanol–water partition coefficient (Wildman–Crippen LogP) is 4.47. The minimum Gasteiger partial charge on any atom is -0.324 e. The van der Waals surface area contributed by atoms with Gasteiger partial charge in [-0.1, -0.05) is 30.3 Å². The molecule has 106 valence electrons. The first kappa shape index (κ1) is 14.8. The Kier molecular flexibility index (Phi) is 4.29. The van der Waals surface area contributed by atoms with Crippen molar-refractivity contribution >= 4 is 0 Å². The van der Waals surface area contributed by atoms with Crippen LogP contribution in [-0.4, -0.2) is 0 Å². The lowest BCUT2D eigenvalue weighted by Gasteiger charge is -2.17. The van der Waals surface area contributed by atoms with Crippen LogP contribution in [-0.2, 0) is 6.42 Å². The highest BCUT2D eigenvalue weighted by Gasteiger charge is 2.11. The average molecular weight is 267 g/mol. The van der Waals surface area contributed by atoms with E-state index in [-0.39, 0.29) is 6.04 Å². The molecule has 0 saturated heterocycles. The van der Waals surface area contributed by atoms with E-state index in [1.807, 2.05) is 0 Å². The molecule has 1 heteroatoms. The zero-order valence-electron chi connectivity index (χ0n) is 13.2. The molecule has 1 nitrogen and oxygen atoms in total. The molecule has 0 aromatic heterocycles. The third-order valence-electron chi connectivity index (χ3n) is 4.31. The van der Waals surface area contributed by atoms with Gasteiger partial charge in [0.05, 0.1) is 0 Å². The highest BCUT2D eigenvalue weighted by molar-refractivity contribution is 5.39. The minimum absolute atomic E-state index is 0.0661. The molecular formula is C19H25N. The zero-order chi connectivity index (χ0) is 14.9. The topological polar surface area (TPSA) is 26.0 Å². The van der Waals surface area contributed by atoms with Crippen LogP contribution in [0.3, 0.4) is 0 Å². The summed E-state index contributed by atoms with van der Waals surface area (Å²) in [5, 5.41) is 0. The molecule has 0 bridgehead atoms. The molecule has 0 amide bonds. The van der Waals surface area contributed by atoms with Crippen LogP contribution in [0.1, 0.15) is 45.0 Å². The van der Waals surface area contributed by atoms with Crippen molar-refractivity contribution in [3.63, 3.8) is 0 Å². The molecular weight excluding hydrogens is 242 g/mol. The monoisotopic (exact) mass is 267 g/mol. The van der Waals surface area contributed by atoms with Crippen LogP contribution in [0.2, 0.25) is 0 Å². The van der Waals surface area contributed by atoms with Gasteiger partial charge in [-0.15, -0.1) is 0 Å². The van der Waals surface area contributed by atoms with Crippen molar-refractivity contribution in [3.05, 3.63) is 69.3 Å². The van der Waals surface area contributed by atoms with Crippen LogP contribution < -0.4 is 5.73 Å². The maximum atomic E-state index is 6.43. The van der Waals surface area contributed by atoms with E-state index in [2.05, 4.69) is 65.0 Å². The average Bonchev–Trinajstić information content (AvgIpc) is 2.38. The lowest BCUT2D eigenvalue weighted by atomic mass is 9.92. The summed E-state index contributed by atoms with van der Waals surface area (Å²) in [7, 11) is 0. The first-order chi connectivity index (χ1) is 9.38. The van der Waals surface area contributed by atoms with Gasteiger partial charge in [0.15, 0.2) is 0 Å². The Hall–Kier alpha value is -1.60. The van der Waals surface area contributed by atoms with E-state index in [9.17, 15) is 0 Å². The molecule has 0 saturated carbocycles. The van der Waals surface area contributed by atoms with E-state index in [4.69, 9.17) is 5.73 Å². The second kappa shape index (κ2) is 5.80. The van der Waals surface area contributed by atoms with Gasteiger partial charge >= 0.3 is 0 Å². The Morgan fingerprint density at radius 2 is 1.35 bits per heavy atom. The number of nitrogens with two attached hydrogens (primary N) is 1. The maximum absolute atomic E-state index is 6.43. The Morgan fingerprint density at radius 3 is 2.00 bits per heavy atom. The highest BCUT2D eigenvalue weighted by Crippen LogP contribution is 2.24. The summed E-state index contributed by atoms with van der Waals surface area (Å²) in [5.74, 6) is 0. The smallest absolute Gasteiger partial charge is 0.0338 e. The molecule has 2 aromatic rings. The van der Waals surface area contributed by atoms with E-state index in [1.54, 1.807) is 0 Å². The molecule has 2 N–H and O–H groups in total. The summed E-state index contributed by atoms with van der Waals surface area (Å²) in [6.07, 6.45) is 0.893. The largest absolute Gasteiger partial charge is 0.324 e. The second-order valence-electron chi connectivity index (χ2n) is 6.02. The number of benzene rings is 2. The summed E-state index contributed by atoms with van der Waals surface area (Å²) in [4.78, 5) is 0. The van der Waals surface area contributed by atoms with Crippen LogP contribution in [0.15, 0.2) is 30.3 Å². The molecule has 0 fully saturated rings. The number of hydrogen-bond acceptors (Lipinski definition) is 1. The fourth-order valence-electron chi connectivity index (χ4n) is 2.68. The lowest BCUT2D eigenvalue weighted by molar-refractivity contribution is 0.715. The molecule has 20 heavy (non-hydrogen) atoms. The van der Waals surface area contributed by atoms with Gasteiger partial charge in [0, 0.05) is 6.04 Å². The van der Waals surface area contributed by atoms with Crippen molar-refractivity contribution in [1.29, 1.82) is 0 Å². The van der Waals surface area contributed by atoms with Gasteiger partial charge < -0.3 is 5.73 Å². The fraction of sp³-hybridized carbons (Fsp3) is 0.368. The summed E-state index contributed by atoms with van der Waals surface area (Å²) < 4.78 is 0. The van der Waals surface area contributed by atoms with Crippen LogP contribution in [0.25, 0.3) is 0 Å². The SMILES string of the molecule is Cc1ccc(CC(N)c2cc(C)c(C)cc2C)cc1C. The van der Waals surface area contributed by atoms with Crippen molar-refractivity contribution in [2.24, 2.45) is 5.73 Å². The molecule has 2 rings (SSSR count). The van der Waals surface area contributed by atoms with Crippen molar-refractivity contribution < 1.29 is 0 Å². The number of aryl methyl sites for hydroxylation is 5. The third kappa shape index (κ3) is 3.10. The quantitative estimate of drug-likeness (QED) is 0.872. The van der Waals surface area contributed by atoms with E-state index >= 15 is 0 Å². The van der Waals surface area contributed by atoms with Crippen molar-refractivity contribution in [3.8, 4) is 0 Å². The van der Waals surface area contributed by atoms with Gasteiger partial charge in [0.1, 0.15) is 0 Å². The summed E-state index contributed by atoms with van der Waals surface area (Å²) in [6, 6.07) is 11.2. The molecule has 0 aliphatic heterocycles. The standard InChI is InChI=1S/C19H25N/c1-12-6-7-17(9-14(12)3)11-19(20)18-10-15(4)13(2)8-16(18)5/h6-10,19H,11,20H2,1-5H3. The predicted molar refractivity (Wildman–Crippen MR) is 87.2 cm³/mol. The van der Waals surface area contributed by atoms with E-state index in [1.165, 1.54) is 38.9 Å². The van der Waals surface area contributed by atoms with Gasteiger partial charge in [0.2, 0.25) is 0 Å². The maximum Gasteiger partial charge on any atom is 0.0338 e. The minimum atomic E-state index is 0.0661. The molecule has 0 aliphatic carbocycles. The first-order valence-corrected chi connectivity index (χ1v) is 7.28. The van der Waals surface area contributed by atoms with Gasteiger partial charge in [-0.2, -0.15) is 0 Å². The molecule has 0 aliphatic rings. The van der Waals surface area contributed by atoms with Gasteiger partial charge in [-0.25, -0.2) is 0 Å². The highest BCUT2D eigenvalue weighted by atomic mass is 14.6. The first-order valence-electron chi connectivity index (χ1n) is 7.28. The van der Waals surface area contributed by atoms with Crippen LogP contribution in [0.4, 0.5) is 0 Å². The molecule has 1 atom stereocenters. The third-order valence-corrected chi connectivity index (χ3v) is 4.31. The van der Waals surface area contributed by atoms with Crippen molar-refractivity contribution in [1.82, 2.24) is 0 Å². The van der Waals surface area contributed by atoms with Crippen LogP contribution >= 0.6 is 0 Å². The Bertz CT molecular complexity index is 626. The second-order valence-corrected chi connectivity index (χ2v) is 6.02. The molecule has 0 radical (unpaired) electrons. The Balaban J connectivity index is 2.25. The van der Waals surface area contributed by atoms with Crippen molar-refractivity contribution in [2.75, 3.05) is 0 Å². The van der Waals surface area contributed by atoms with Crippen molar-refractivity contribution in [2.45, 2.75) is 47.1 Å². The lowest BCUT2D eigenvalue weighted by Crippen LogP contribution is -2.15. The van der Waals surface area contributed by atoms with E-state index < -0.39 is 0 Å². The van der Waals surface area contributed by atoms with Gasteiger partial charge in [-0.3, -0.25) is 0 Å². The van der Waals surface area contributed by atoms with Gasteiger partial charge in [0.25, 0.3) is 0 Å². The molecule has 1 unspecified atom stereocenters. The van der Waals surface area contributed by atoms with Crippen LogP contribution in [0, 0.1) is 34.6 Å². The Morgan fingerprint density at radius 1 is 0.750 bits per heavy atom. The summed E-state index contributed by atoms with van der Waals surface area (Å²) >= 11 is 0. The normalized spacial score (nSPS) is 12.5. The number of rotatable bonds is 3.